The Morgan fingerprint density at radius 2 is 0.847 bits per heavy atom. The van der Waals surface area contributed by atoms with E-state index in [2.05, 4.69) is 159 Å². The highest BCUT2D eigenvalue weighted by atomic mass is 16.3. The molecule has 8 heteroatoms. The van der Waals surface area contributed by atoms with Gasteiger partial charge in [0, 0.05) is 65.5 Å². The van der Waals surface area contributed by atoms with Crippen molar-refractivity contribution in [1.82, 2.24) is 28.7 Å². The van der Waals surface area contributed by atoms with Gasteiger partial charge < -0.3 is 18.1 Å². The van der Waals surface area contributed by atoms with E-state index in [1.807, 2.05) is 84.9 Å². The second-order valence-electron chi connectivity index (χ2n) is 18.2. The van der Waals surface area contributed by atoms with E-state index in [0.717, 1.165) is 93.6 Å². The minimum atomic E-state index is 0.381. The molecule has 8 nitrogen and oxygen atoms in total. The maximum atomic E-state index is 11.6. The lowest BCUT2D eigenvalue weighted by molar-refractivity contribution is 0.666. The van der Waals surface area contributed by atoms with Crippen molar-refractivity contribution in [2.75, 3.05) is 0 Å². The Hall–Kier alpha value is -10.1. The van der Waals surface area contributed by atoms with Crippen LogP contribution in [0.15, 0.2) is 229 Å². The van der Waals surface area contributed by atoms with Crippen LogP contribution in [0.5, 0.6) is 0 Å². The summed E-state index contributed by atoms with van der Waals surface area (Å²) in [7, 11) is 0. The van der Waals surface area contributed by atoms with Crippen molar-refractivity contribution in [3.63, 3.8) is 0 Å². The van der Waals surface area contributed by atoms with Crippen molar-refractivity contribution in [2.24, 2.45) is 0 Å². The third-order valence-corrected chi connectivity index (χ3v) is 14.3. The van der Waals surface area contributed by atoms with Gasteiger partial charge in [0.05, 0.1) is 56.1 Å². The molecular weight excluding hydrogens is 883 g/mol. The molecule has 0 saturated heterocycles. The van der Waals surface area contributed by atoms with Crippen LogP contribution in [0.2, 0.25) is 0 Å². The first-order valence-electron chi connectivity index (χ1n) is 24.0. The number of para-hydroxylation sites is 6. The maximum Gasteiger partial charge on any atom is 0.166 e. The zero-order chi connectivity index (χ0) is 47.4. The molecular formula is C64H37N7O. The van der Waals surface area contributed by atoms with Crippen molar-refractivity contribution in [2.45, 2.75) is 0 Å². The molecule has 0 atom stereocenters. The molecule has 0 radical (unpaired) electrons. The lowest BCUT2D eigenvalue weighted by atomic mass is 9.98. The van der Waals surface area contributed by atoms with Crippen molar-refractivity contribution >= 4 is 87.4 Å². The van der Waals surface area contributed by atoms with Gasteiger partial charge in [-0.3, -0.25) is 0 Å². The van der Waals surface area contributed by atoms with Crippen LogP contribution in [-0.4, -0.2) is 28.7 Å². The van der Waals surface area contributed by atoms with E-state index in [1.54, 1.807) is 0 Å². The SMILES string of the molecule is N#Cc1cc(-n2c3ccccc3c3cc(-n4c5ccccc5c5ccccc54)c4c5ccccc5n(-c5ccccc5)c4c32)c2oc3ccccc3c2c1-c1nc(-c2ccccc2)nc(-c2ccccc2)n1. The van der Waals surface area contributed by atoms with Gasteiger partial charge in [0.2, 0.25) is 0 Å². The average Bonchev–Trinajstić information content (AvgIpc) is 4.20. The highest BCUT2D eigenvalue weighted by molar-refractivity contribution is 6.28. The number of furan rings is 1. The number of hydrogen-bond acceptors (Lipinski definition) is 5. The molecule has 0 saturated carbocycles. The molecule has 10 aromatic carbocycles. The predicted octanol–water partition coefficient (Wildman–Crippen LogP) is 15.9. The summed E-state index contributed by atoms with van der Waals surface area (Å²) in [5.74, 6) is 1.39. The molecule has 0 amide bonds. The fourth-order valence-corrected chi connectivity index (χ4v) is 11.3. The van der Waals surface area contributed by atoms with Gasteiger partial charge in [-0.1, -0.05) is 170 Å². The van der Waals surface area contributed by atoms with Gasteiger partial charge >= 0.3 is 0 Å². The van der Waals surface area contributed by atoms with Gasteiger partial charge in [-0.05, 0) is 54.6 Å². The molecule has 334 valence electrons. The first-order valence-corrected chi connectivity index (χ1v) is 24.0. The zero-order valence-electron chi connectivity index (χ0n) is 38.4. The zero-order valence-corrected chi connectivity index (χ0v) is 38.4. The van der Waals surface area contributed by atoms with E-state index in [1.165, 1.54) is 10.8 Å². The van der Waals surface area contributed by atoms with Crippen LogP contribution in [0.4, 0.5) is 0 Å². The van der Waals surface area contributed by atoms with Gasteiger partial charge in [0.1, 0.15) is 5.58 Å². The summed E-state index contributed by atoms with van der Waals surface area (Å²) in [6, 6.07) is 80.2. The molecule has 0 aliphatic rings. The molecule has 0 aliphatic heterocycles. The Balaban J connectivity index is 1.13. The molecule has 0 N–H and O–H groups in total. The summed E-state index contributed by atoms with van der Waals surface area (Å²) in [5, 5.41) is 19.9. The fraction of sp³-hybridized carbons (Fsp3) is 0. The molecule has 72 heavy (non-hydrogen) atoms. The summed E-state index contributed by atoms with van der Waals surface area (Å²) in [4.78, 5) is 15.4. The molecule has 0 aliphatic carbocycles. The third-order valence-electron chi connectivity index (χ3n) is 14.3. The van der Waals surface area contributed by atoms with E-state index in [-0.39, 0.29) is 0 Å². The van der Waals surface area contributed by atoms with Gasteiger partial charge in [-0.2, -0.15) is 5.26 Å². The summed E-state index contributed by atoms with van der Waals surface area (Å²) in [6.45, 7) is 0. The monoisotopic (exact) mass is 919 g/mol. The molecule has 5 aromatic heterocycles. The van der Waals surface area contributed by atoms with Crippen LogP contribution >= 0.6 is 0 Å². The van der Waals surface area contributed by atoms with E-state index in [9.17, 15) is 5.26 Å². The number of aromatic nitrogens is 6. The highest BCUT2D eigenvalue weighted by Crippen LogP contribution is 2.49. The van der Waals surface area contributed by atoms with Crippen molar-refractivity contribution in [1.29, 1.82) is 5.26 Å². The van der Waals surface area contributed by atoms with Crippen LogP contribution in [0.1, 0.15) is 5.56 Å². The number of rotatable bonds is 6. The van der Waals surface area contributed by atoms with E-state index < -0.39 is 0 Å². The Kier molecular flexibility index (Phi) is 8.55. The Labute approximate surface area is 411 Å². The van der Waals surface area contributed by atoms with Gasteiger partial charge in [0.25, 0.3) is 0 Å². The molecule has 15 aromatic rings. The predicted molar refractivity (Wildman–Crippen MR) is 291 cm³/mol. The number of nitrogens with zero attached hydrogens (tertiary/aromatic N) is 7. The van der Waals surface area contributed by atoms with Crippen LogP contribution < -0.4 is 0 Å². The number of fused-ring (bicyclic) bond motifs is 13. The highest BCUT2D eigenvalue weighted by Gasteiger charge is 2.30. The Bertz CT molecular complexity index is 4640. The summed E-state index contributed by atoms with van der Waals surface area (Å²) < 4.78 is 14.3. The lowest BCUT2D eigenvalue weighted by Crippen LogP contribution is -2.04. The first kappa shape index (κ1) is 39.9. The van der Waals surface area contributed by atoms with Gasteiger partial charge in [-0.15, -0.1) is 0 Å². The normalized spacial score (nSPS) is 11.9. The van der Waals surface area contributed by atoms with Crippen molar-refractivity contribution < 1.29 is 4.42 Å². The molecule has 0 spiro atoms. The van der Waals surface area contributed by atoms with Crippen LogP contribution in [0.3, 0.4) is 0 Å². The number of hydrogen-bond donors (Lipinski definition) is 0. The molecule has 0 bridgehead atoms. The average molecular weight is 920 g/mol. The number of benzene rings is 10. The van der Waals surface area contributed by atoms with E-state index >= 15 is 0 Å². The molecule has 0 unspecified atom stereocenters. The Morgan fingerprint density at radius 1 is 0.375 bits per heavy atom. The van der Waals surface area contributed by atoms with E-state index in [0.29, 0.717) is 39.8 Å². The second-order valence-corrected chi connectivity index (χ2v) is 18.2. The Morgan fingerprint density at radius 3 is 1.44 bits per heavy atom. The molecule has 0 fully saturated rings. The molecule has 15 rings (SSSR count). The largest absolute Gasteiger partial charge is 0.454 e. The third kappa shape index (κ3) is 5.70. The minimum absolute atomic E-state index is 0.381. The van der Waals surface area contributed by atoms with Crippen molar-refractivity contribution in [3.8, 4) is 57.3 Å². The van der Waals surface area contributed by atoms with Gasteiger partial charge in [-0.25, -0.2) is 15.0 Å². The smallest absolute Gasteiger partial charge is 0.166 e. The van der Waals surface area contributed by atoms with Crippen LogP contribution in [0.25, 0.3) is 139 Å². The topological polar surface area (TPSA) is 90.4 Å². The van der Waals surface area contributed by atoms with Crippen LogP contribution in [-0.2, 0) is 0 Å². The van der Waals surface area contributed by atoms with Crippen molar-refractivity contribution in [3.05, 3.63) is 230 Å². The quantitative estimate of drug-likeness (QED) is 0.166. The number of nitriles is 1. The fourth-order valence-electron chi connectivity index (χ4n) is 11.3. The van der Waals surface area contributed by atoms with E-state index in [4.69, 9.17) is 19.4 Å². The van der Waals surface area contributed by atoms with Gasteiger partial charge in [0.15, 0.2) is 23.1 Å². The first-order chi connectivity index (χ1) is 35.7. The summed E-state index contributed by atoms with van der Waals surface area (Å²) in [6.07, 6.45) is 0. The lowest BCUT2D eigenvalue weighted by Gasteiger charge is -2.17. The summed E-state index contributed by atoms with van der Waals surface area (Å²) >= 11 is 0. The summed E-state index contributed by atoms with van der Waals surface area (Å²) in [5.41, 5.74) is 13.1. The second kappa shape index (κ2) is 15.5. The molecule has 5 heterocycles. The standard InChI is InChI=1S/C64H37N7O/c65-38-41-36-54(61-58(47-30-14-19-35-55(47)72-61)56(41)64-67-62(39-20-4-1-5-21-39)66-63(68-64)40-22-6-2-7-23-40)71-51-33-17-12-28-45(51)48-37-53(70-49-31-15-10-26-43(49)44-27-11-16-32-50(44)70)57-46-29-13-18-34-52(46)69(60(57)59(48)71)42-24-8-3-9-25-42/h1-37H. The maximum absolute atomic E-state index is 11.6. The minimum Gasteiger partial charge on any atom is -0.454 e. The van der Waals surface area contributed by atoms with Crippen LogP contribution in [0, 0.1) is 11.3 Å².